The molecule has 0 spiro atoms. The molecule has 0 radical (unpaired) electrons. The molecule has 1 heterocycles. The van der Waals surface area contributed by atoms with Gasteiger partial charge in [0.2, 0.25) is 11.8 Å². The van der Waals surface area contributed by atoms with Crippen molar-refractivity contribution in [2.75, 3.05) is 18.8 Å². The number of nitrogen functional groups attached to an aromatic ring is 1. The molecule has 0 aromatic heterocycles. The summed E-state index contributed by atoms with van der Waals surface area (Å²) in [5.74, 6) is 0.0453. The fraction of sp³-hybridized carbons (Fsp3) is 0.579. The third-order valence-electron chi connectivity index (χ3n) is 4.25. The number of carbonyl (C=O) groups is 2. The number of hydrogen-bond acceptors (Lipinski definition) is 3. The van der Waals surface area contributed by atoms with Crippen LogP contribution in [0.1, 0.15) is 45.6 Å². The van der Waals surface area contributed by atoms with Crippen molar-refractivity contribution in [2.24, 2.45) is 5.41 Å². The number of anilines is 1. The van der Waals surface area contributed by atoms with Crippen molar-refractivity contribution < 1.29 is 9.59 Å². The van der Waals surface area contributed by atoms with Crippen LogP contribution in [-0.4, -0.2) is 35.8 Å². The molecule has 3 N–H and O–H groups in total. The summed E-state index contributed by atoms with van der Waals surface area (Å²) >= 11 is 0. The zero-order chi connectivity index (χ0) is 17.7. The lowest BCUT2D eigenvalue weighted by Gasteiger charge is -2.27. The van der Waals surface area contributed by atoms with Gasteiger partial charge in [-0.3, -0.25) is 9.59 Å². The summed E-state index contributed by atoms with van der Waals surface area (Å²) in [7, 11) is 0. The average Bonchev–Trinajstić information content (AvgIpc) is 2.97. The van der Waals surface area contributed by atoms with Crippen molar-refractivity contribution in [3.63, 3.8) is 0 Å². The summed E-state index contributed by atoms with van der Waals surface area (Å²) in [6, 6.07) is 7.35. The Labute approximate surface area is 156 Å². The minimum Gasteiger partial charge on any atom is -0.399 e. The standard InChI is InChI=1S/C19H29N3O2.ClH/c1-19(2,3)13-17(23)22-12-4-5-16(22)18(24)21-11-10-14-6-8-15(20)9-7-14;/h6-9,16H,4-5,10-13,20H2,1-3H3,(H,21,24);1H. The van der Waals surface area contributed by atoms with E-state index in [0.717, 1.165) is 30.5 Å². The fourth-order valence-corrected chi connectivity index (χ4v) is 3.03. The van der Waals surface area contributed by atoms with Crippen LogP contribution in [-0.2, 0) is 16.0 Å². The molecule has 2 rings (SSSR count). The molecule has 0 saturated carbocycles. The lowest BCUT2D eigenvalue weighted by atomic mass is 9.91. The topological polar surface area (TPSA) is 75.4 Å². The molecule has 1 fully saturated rings. The zero-order valence-electron chi connectivity index (χ0n) is 15.4. The number of nitrogens with zero attached hydrogens (tertiary/aromatic N) is 1. The van der Waals surface area contributed by atoms with Gasteiger partial charge in [0.1, 0.15) is 6.04 Å². The van der Waals surface area contributed by atoms with E-state index in [1.54, 1.807) is 4.90 Å². The van der Waals surface area contributed by atoms with E-state index in [4.69, 9.17) is 5.73 Å². The number of carbonyl (C=O) groups excluding carboxylic acids is 2. The summed E-state index contributed by atoms with van der Waals surface area (Å²) in [6.45, 7) is 7.39. The molecule has 1 aromatic rings. The number of nitrogens with one attached hydrogen (secondary N) is 1. The first kappa shape index (κ1) is 21.3. The molecule has 2 amide bonds. The summed E-state index contributed by atoms with van der Waals surface area (Å²) in [6.07, 6.45) is 2.88. The Hall–Kier alpha value is -1.75. The van der Waals surface area contributed by atoms with Crippen LogP contribution in [0, 0.1) is 5.41 Å². The van der Waals surface area contributed by atoms with Gasteiger partial charge in [0, 0.05) is 25.2 Å². The van der Waals surface area contributed by atoms with Crippen LogP contribution < -0.4 is 11.1 Å². The highest BCUT2D eigenvalue weighted by Crippen LogP contribution is 2.24. The van der Waals surface area contributed by atoms with Crippen molar-refractivity contribution in [2.45, 2.75) is 52.5 Å². The molecule has 25 heavy (non-hydrogen) atoms. The third-order valence-corrected chi connectivity index (χ3v) is 4.25. The monoisotopic (exact) mass is 367 g/mol. The molecule has 1 unspecified atom stereocenters. The second-order valence-electron chi connectivity index (χ2n) is 7.77. The van der Waals surface area contributed by atoms with Gasteiger partial charge in [0.15, 0.2) is 0 Å². The van der Waals surface area contributed by atoms with Crippen LogP contribution >= 0.6 is 12.4 Å². The molecule has 0 bridgehead atoms. The van der Waals surface area contributed by atoms with E-state index in [0.29, 0.717) is 19.5 Å². The second-order valence-corrected chi connectivity index (χ2v) is 7.77. The summed E-state index contributed by atoms with van der Waals surface area (Å²) in [5.41, 5.74) is 7.48. The predicted octanol–water partition coefficient (Wildman–Crippen LogP) is 2.78. The van der Waals surface area contributed by atoms with E-state index in [2.05, 4.69) is 5.32 Å². The van der Waals surface area contributed by atoms with Gasteiger partial charge in [0.05, 0.1) is 0 Å². The maximum atomic E-state index is 12.4. The van der Waals surface area contributed by atoms with Gasteiger partial charge in [-0.15, -0.1) is 12.4 Å². The van der Waals surface area contributed by atoms with E-state index >= 15 is 0 Å². The first-order chi connectivity index (χ1) is 11.3. The van der Waals surface area contributed by atoms with Gasteiger partial charge in [-0.05, 0) is 42.4 Å². The van der Waals surface area contributed by atoms with Crippen LogP contribution in [0.2, 0.25) is 0 Å². The third kappa shape index (κ3) is 6.58. The van der Waals surface area contributed by atoms with Gasteiger partial charge in [-0.25, -0.2) is 0 Å². The van der Waals surface area contributed by atoms with E-state index in [9.17, 15) is 9.59 Å². The highest BCUT2D eigenvalue weighted by molar-refractivity contribution is 5.88. The van der Waals surface area contributed by atoms with Gasteiger partial charge < -0.3 is 16.0 Å². The molecular formula is C19H30ClN3O2. The number of halogens is 1. The average molecular weight is 368 g/mol. The number of amides is 2. The lowest BCUT2D eigenvalue weighted by Crippen LogP contribution is -2.47. The van der Waals surface area contributed by atoms with Crippen LogP contribution in [0.5, 0.6) is 0 Å². The first-order valence-corrected chi connectivity index (χ1v) is 8.68. The van der Waals surface area contributed by atoms with E-state index in [1.165, 1.54) is 0 Å². The first-order valence-electron chi connectivity index (χ1n) is 8.68. The largest absolute Gasteiger partial charge is 0.399 e. The molecule has 1 atom stereocenters. The predicted molar refractivity (Wildman–Crippen MR) is 104 cm³/mol. The Morgan fingerprint density at radius 3 is 2.48 bits per heavy atom. The Balaban J connectivity index is 0.00000312. The number of nitrogens with two attached hydrogens (primary N) is 1. The van der Waals surface area contributed by atoms with Crippen LogP contribution in [0.25, 0.3) is 0 Å². The number of benzene rings is 1. The maximum Gasteiger partial charge on any atom is 0.242 e. The smallest absolute Gasteiger partial charge is 0.242 e. The molecular weight excluding hydrogens is 338 g/mol. The Bertz CT molecular complexity index is 581. The zero-order valence-corrected chi connectivity index (χ0v) is 16.2. The number of rotatable bonds is 5. The lowest BCUT2D eigenvalue weighted by molar-refractivity contribution is -0.139. The summed E-state index contributed by atoms with van der Waals surface area (Å²) in [4.78, 5) is 26.6. The molecule has 5 nitrogen and oxygen atoms in total. The van der Waals surface area contributed by atoms with E-state index < -0.39 is 0 Å². The van der Waals surface area contributed by atoms with Gasteiger partial charge >= 0.3 is 0 Å². The fourth-order valence-electron chi connectivity index (χ4n) is 3.03. The summed E-state index contributed by atoms with van der Waals surface area (Å²) in [5, 5.41) is 2.97. The van der Waals surface area contributed by atoms with Crippen molar-refractivity contribution in [3.8, 4) is 0 Å². The highest BCUT2D eigenvalue weighted by Gasteiger charge is 2.34. The van der Waals surface area contributed by atoms with Gasteiger partial charge in [-0.2, -0.15) is 0 Å². The molecule has 6 heteroatoms. The number of hydrogen-bond donors (Lipinski definition) is 2. The Kier molecular flexibility index (Phi) is 7.74. The second kappa shape index (κ2) is 9.09. The Morgan fingerprint density at radius 2 is 1.88 bits per heavy atom. The SMILES string of the molecule is CC(C)(C)CC(=O)N1CCCC1C(=O)NCCc1ccc(N)cc1.Cl. The van der Waals surface area contributed by atoms with E-state index in [-0.39, 0.29) is 35.7 Å². The molecule has 1 saturated heterocycles. The minimum absolute atomic E-state index is 0. The quantitative estimate of drug-likeness (QED) is 0.786. The minimum atomic E-state index is -0.314. The molecule has 1 aromatic carbocycles. The molecule has 140 valence electrons. The summed E-state index contributed by atoms with van der Waals surface area (Å²) < 4.78 is 0. The van der Waals surface area contributed by atoms with Crippen LogP contribution in [0.15, 0.2) is 24.3 Å². The van der Waals surface area contributed by atoms with Gasteiger partial charge in [0.25, 0.3) is 0 Å². The Morgan fingerprint density at radius 1 is 1.24 bits per heavy atom. The maximum absolute atomic E-state index is 12.4. The van der Waals surface area contributed by atoms with E-state index in [1.807, 2.05) is 45.0 Å². The van der Waals surface area contributed by atoms with Crippen molar-refractivity contribution >= 4 is 29.9 Å². The normalized spacial score (nSPS) is 17.1. The molecule has 1 aliphatic rings. The van der Waals surface area contributed by atoms with Crippen molar-refractivity contribution in [1.82, 2.24) is 10.2 Å². The molecule has 1 aliphatic heterocycles. The van der Waals surface area contributed by atoms with Crippen molar-refractivity contribution in [3.05, 3.63) is 29.8 Å². The number of likely N-dealkylation sites (tertiary alicyclic amines) is 1. The highest BCUT2D eigenvalue weighted by atomic mass is 35.5. The van der Waals surface area contributed by atoms with Crippen LogP contribution in [0.4, 0.5) is 5.69 Å². The van der Waals surface area contributed by atoms with Gasteiger partial charge in [-0.1, -0.05) is 32.9 Å². The molecule has 0 aliphatic carbocycles. The van der Waals surface area contributed by atoms with Crippen LogP contribution in [0.3, 0.4) is 0 Å². The van der Waals surface area contributed by atoms with Crippen molar-refractivity contribution in [1.29, 1.82) is 0 Å².